The normalized spacial score (nSPS) is 9.88. The number of ether oxygens (including phenoxy) is 1. The monoisotopic (exact) mass is 234 g/mol. The first-order valence-corrected chi connectivity index (χ1v) is 5.75. The van der Waals surface area contributed by atoms with Gasteiger partial charge in [-0.3, -0.25) is 9.59 Å². The van der Waals surface area contributed by atoms with Gasteiger partial charge in [0.1, 0.15) is 6.61 Å². The number of rotatable bonds is 9. The molecule has 0 saturated carbocycles. The molecule has 0 fully saturated rings. The quantitative estimate of drug-likeness (QED) is 0.583. The van der Waals surface area contributed by atoms with Gasteiger partial charge in [0.25, 0.3) is 0 Å². The van der Waals surface area contributed by atoms with E-state index in [1.807, 2.05) is 6.92 Å². The number of carbonyl (C=O) groups excluding carboxylic acids is 2. The predicted molar refractivity (Wildman–Crippen MR) is 66.3 cm³/mol. The minimum Gasteiger partial charge on any atom is -0.372 e. The Morgan fingerprint density at radius 2 is 1.81 bits per heavy atom. The minimum absolute atomic E-state index is 0. The molecule has 98 valence electrons. The molecule has 0 atom stereocenters. The van der Waals surface area contributed by atoms with Crippen molar-refractivity contribution in [2.24, 2.45) is 0 Å². The number of hydrogen-bond acceptors (Lipinski definition) is 3. The van der Waals surface area contributed by atoms with Crippen LogP contribution in [0.5, 0.6) is 0 Å². The van der Waals surface area contributed by atoms with Gasteiger partial charge in [0.05, 0.1) is 0 Å². The first-order valence-electron chi connectivity index (χ1n) is 5.75. The van der Waals surface area contributed by atoms with Crippen LogP contribution in [0.3, 0.4) is 0 Å². The van der Waals surface area contributed by atoms with Gasteiger partial charge in [-0.1, -0.05) is 6.92 Å². The molecule has 0 heterocycles. The van der Waals surface area contributed by atoms with E-state index in [9.17, 15) is 9.59 Å². The highest BCUT2D eigenvalue weighted by Crippen LogP contribution is 1.85. The molecular weight excluding hydrogens is 208 g/mol. The largest absolute Gasteiger partial charge is 0.372 e. The number of hydrogen-bond donors (Lipinski definition) is 2. The van der Waals surface area contributed by atoms with Crippen LogP contribution >= 0.6 is 0 Å². The summed E-state index contributed by atoms with van der Waals surface area (Å²) >= 11 is 0. The Morgan fingerprint density at radius 1 is 1.19 bits per heavy atom. The van der Waals surface area contributed by atoms with E-state index >= 15 is 0 Å². The summed E-state index contributed by atoms with van der Waals surface area (Å²) in [6, 6.07) is 0. The highest BCUT2D eigenvalue weighted by molar-refractivity contribution is 5.77. The second-order valence-electron chi connectivity index (χ2n) is 3.59. The first kappa shape index (κ1) is 14.9. The summed E-state index contributed by atoms with van der Waals surface area (Å²) in [5, 5.41) is 5.45. The molecule has 0 radical (unpaired) electrons. The molecule has 0 aliphatic heterocycles. The van der Waals surface area contributed by atoms with Gasteiger partial charge in [-0.2, -0.15) is 0 Å². The molecule has 0 aromatic rings. The van der Waals surface area contributed by atoms with Crippen LogP contribution in [0.15, 0.2) is 0 Å². The van der Waals surface area contributed by atoms with Gasteiger partial charge in [0, 0.05) is 29.5 Å². The number of nitrogens with one attached hydrogen (secondary N) is 2. The van der Waals surface area contributed by atoms with Gasteiger partial charge >= 0.3 is 0 Å². The van der Waals surface area contributed by atoms with Crippen molar-refractivity contribution in [3.8, 4) is 0 Å². The molecule has 5 heteroatoms. The maximum atomic E-state index is 11.2. The Labute approximate surface area is 99.9 Å². The molecule has 2 amide bonds. The summed E-state index contributed by atoms with van der Waals surface area (Å²) in [5.41, 5.74) is 0. The zero-order valence-corrected chi connectivity index (χ0v) is 10.2. The van der Waals surface area contributed by atoms with E-state index in [1.165, 1.54) is 6.92 Å². The third-order valence-corrected chi connectivity index (χ3v) is 1.88. The van der Waals surface area contributed by atoms with Gasteiger partial charge in [0.15, 0.2) is 0 Å². The average molecular weight is 234 g/mol. The Balaban J connectivity index is -0.00000112. The summed E-state index contributed by atoms with van der Waals surface area (Å²) in [4.78, 5) is 21.7. The topological polar surface area (TPSA) is 67.4 Å². The molecule has 2 N–H and O–H groups in total. The van der Waals surface area contributed by atoms with E-state index in [-0.39, 0.29) is 21.3 Å². The Morgan fingerprint density at radius 3 is 2.38 bits per heavy atom. The van der Waals surface area contributed by atoms with E-state index in [4.69, 9.17) is 4.74 Å². The molecule has 0 aromatic carbocycles. The van der Waals surface area contributed by atoms with Crippen molar-refractivity contribution in [2.75, 3.05) is 26.3 Å². The molecule has 0 saturated heterocycles. The Kier molecular flexibility index (Phi) is 9.70. The van der Waals surface area contributed by atoms with Crippen LogP contribution in [-0.2, 0) is 14.3 Å². The lowest BCUT2D eigenvalue weighted by molar-refractivity contribution is -0.125. The molecule has 0 aromatic heterocycles. The molecule has 0 unspecified atom stereocenters. The van der Waals surface area contributed by atoms with Gasteiger partial charge in [-0.15, -0.1) is 0 Å². The van der Waals surface area contributed by atoms with Gasteiger partial charge in [-0.05, 0) is 19.3 Å². The van der Waals surface area contributed by atoms with E-state index in [0.29, 0.717) is 19.7 Å². The van der Waals surface area contributed by atoms with Crippen LogP contribution in [0.1, 0.15) is 36.0 Å². The molecule has 0 spiro atoms. The lowest BCUT2D eigenvalue weighted by atomic mass is 10.3. The standard InChI is InChI=1S/C11H22N2O3.2H2/c1-3-8-16-9-11(15)13-7-5-4-6-12-10(2)14;;/h3-9H2,1-2H3,(H,12,14)(H,13,15);2*1H. The third kappa shape index (κ3) is 11.0. The summed E-state index contributed by atoms with van der Waals surface area (Å²) in [5.74, 6) is -0.0926. The van der Waals surface area contributed by atoms with Crippen molar-refractivity contribution in [2.45, 2.75) is 33.1 Å². The van der Waals surface area contributed by atoms with Crippen LogP contribution in [-0.4, -0.2) is 38.1 Å². The molecule has 5 nitrogen and oxygen atoms in total. The van der Waals surface area contributed by atoms with Crippen LogP contribution in [0.4, 0.5) is 0 Å². The van der Waals surface area contributed by atoms with Crippen molar-refractivity contribution >= 4 is 11.8 Å². The van der Waals surface area contributed by atoms with Gasteiger partial charge in [-0.25, -0.2) is 0 Å². The van der Waals surface area contributed by atoms with E-state index in [0.717, 1.165) is 19.3 Å². The molecule has 0 aliphatic carbocycles. The zero-order valence-electron chi connectivity index (χ0n) is 10.2. The number of amides is 2. The van der Waals surface area contributed by atoms with Crippen LogP contribution < -0.4 is 10.6 Å². The average Bonchev–Trinajstić information content (AvgIpc) is 2.23. The second-order valence-corrected chi connectivity index (χ2v) is 3.59. The molecule has 0 aliphatic rings. The number of carbonyl (C=O) groups is 2. The molecule has 16 heavy (non-hydrogen) atoms. The minimum atomic E-state index is -0.0759. The fourth-order valence-electron chi connectivity index (χ4n) is 1.10. The number of unbranched alkanes of at least 4 members (excludes halogenated alkanes) is 1. The Bertz CT molecular complexity index is 216. The smallest absolute Gasteiger partial charge is 0.245 e. The van der Waals surface area contributed by atoms with Gasteiger partial charge in [0.2, 0.25) is 11.8 Å². The maximum absolute atomic E-state index is 11.2. The maximum Gasteiger partial charge on any atom is 0.245 e. The van der Waals surface area contributed by atoms with Crippen molar-refractivity contribution in [1.29, 1.82) is 0 Å². The van der Waals surface area contributed by atoms with Crippen molar-refractivity contribution in [1.82, 2.24) is 10.6 Å². The lowest BCUT2D eigenvalue weighted by Gasteiger charge is -2.05. The summed E-state index contributed by atoms with van der Waals surface area (Å²) in [6.45, 7) is 5.55. The SMILES string of the molecule is CCCOCC(=O)NCCCCNC(C)=O.[HH].[HH]. The summed E-state index contributed by atoms with van der Waals surface area (Å²) < 4.78 is 5.09. The molecular formula is C11H26N2O3. The highest BCUT2D eigenvalue weighted by Gasteiger charge is 1.99. The van der Waals surface area contributed by atoms with Crippen molar-refractivity contribution in [3.05, 3.63) is 0 Å². The lowest BCUT2D eigenvalue weighted by Crippen LogP contribution is -2.29. The van der Waals surface area contributed by atoms with E-state index in [2.05, 4.69) is 10.6 Å². The van der Waals surface area contributed by atoms with Crippen molar-refractivity contribution in [3.63, 3.8) is 0 Å². The van der Waals surface area contributed by atoms with Crippen molar-refractivity contribution < 1.29 is 17.2 Å². The van der Waals surface area contributed by atoms with Crippen LogP contribution in [0, 0.1) is 0 Å². The molecule has 0 bridgehead atoms. The predicted octanol–water partition coefficient (Wildman–Crippen LogP) is 0.937. The summed E-state index contributed by atoms with van der Waals surface area (Å²) in [7, 11) is 0. The second kappa shape index (κ2) is 10.4. The molecule has 0 rings (SSSR count). The third-order valence-electron chi connectivity index (χ3n) is 1.88. The fraction of sp³-hybridized carbons (Fsp3) is 0.818. The van der Waals surface area contributed by atoms with Gasteiger partial charge < -0.3 is 15.4 Å². The van der Waals surface area contributed by atoms with E-state index in [1.54, 1.807) is 0 Å². The summed E-state index contributed by atoms with van der Waals surface area (Å²) in [6.07, 6.45) is 2.65. The van der Waals surface area contributed by atoms with Crippen LogP contribution in [0.25, 0.3) is 0 Å². The zero-order chi connectivity index (χ0) is 12.2. The first-order chi connectivity index (χ1) is 7.66. The van der Waals surface area contributed by atoms with E-state index < -0.39 is 0 Å². The Hall–Kier alpha value is -1.10. The van der Waals surface area contributed by atoms with Crippen LogP contribution in [0.2, 0.25) is 0 Å². The highest BCUT2D eigenvalue weighted by atomic mass is 16.5. The fourth-order valence-corrected chi connectivity index (χ4v) is 1.10.